The first-order valence-corrected chi connectivity index (χ1v) is 5.97. The maximum atomic E-state index is 11.6. The van der Waals surface area contributed by atoms with E-state index in [1.54, 1.807) is 31.4 Å². The average molecular weight is 279 g/mol. The molecule has 20 heavy (non-hydrogen) atoms. The number of aliphatic hydroxyl groups excluding tert-OH is 1. The molecule has 0 heterocycles. The Bertz CT molecular complexity index is 493. The fraction of sp³-hybridized carbons (Fsp3) is 0.286. The molecule has 0 fully saturated rings. The lowest BCUT2D eigenvalue weighted by Gasteiger charge is -2.15. The zero-order chi connectivity index (χ0) is 15.1. The zero-order valence-electron chi connectivity index (χ0n) is 11.2. The number of benzene rings is 1. The van der Waals surface area contributed by atoms with Gasteiger partial charge in [-0.05, 0) is 30.7 Å². The third-order valence-corrected chi connectivity index (χ3v) is 2.59. The predicted molar refractivity (Wildman–Crippen MR) is 73.3 cm³/mol. The summed E-state index contributed by atoms with van der Waals surface area (Å²) in [6, 6.07) is 5.67. The van der Waals surface area contributed by atoms with Crippen LogP contribution in [0.5, 0.6) is 5.75 Å². The van der Waals surface area contributed by atoms with Crippen molar-refractivity contribution in [1.29, 1.82) is 0 Å². The predicted octanol–water partition coefficient (Wildman–Crippen LogP) is 0.659. The van der Waals surface area contributed by atoms with Gasteiger partial charge >= 0.3 is 5.97 Å². The first-order chi connectivity index (χ1) is 9.43. The smallest absolute Gasteiger partial charge is 0.328 e. The largest absolute Gasteiger partial charge is 0.497 e. The Kier molecular flexibility index (Phi) is 5.74. The van der Waals surface area contributed by atoms with Crippen LogP contribution in [0.15, 0.2) is 30.3 Å². The first kappa shape index (κ1) is 15.7. The molecule has 0 aliphatic rings. The zero-order valence-corrected chi connectivity index (χ0v) is 11.2. The SMILES string of the molecule is COc1ccc(/C=C/C(=O)N[C@H](C(=O)O)C(C)O)cc1. The Balaban J connectivity index is 2.64. The Labute approximate surface area is 116 Å². The molecule has 6 heteroatoms. The standard InChI is InChI=1S/C14H17NO5/c1-9(16)13(14(18)19)15-12(17)8-5-10-3-6-11(20-2)7-4-10/h3-9,13,16H,1-2H3,(H,15,17)(H,18,19)/b8-5+/t9?,13-/m0/s1. The lowest BCUT2D eigenvalue weighted by molar-refractivity contribution is -0.144. The van der Waals surface area contributed by atoms with E-state index < -0.39 is 24.0 Å². The number of hydrogen-bond donors (Lipinski definition) is 3. The maximum absolute atomic E-state index is 11.6. The van der Waals surface area contributed by atoms with E-state index in [2.05, 4.69) is 5.32 Å². The highest BCUT2D eigenvalue weighted by Crippen LogP contribution is 2.12. The highest BCUT2D eigenvalue weighted by atomic mass is 16.5. The van der Waals surface area contributed by atoms with E-state index in [1.807, 2.05) is 0 Å². The van der Waals surface area contributed by atoms with Gasteiger partial charge in [-0.25, -0.2) is 4.79 Å². The van der Waals surface area contributed by atoms with E-state index in [0.29, 0.717) is 5.75 Å². The number of carbonyl (C=O) groups is 2. The van der Waals surface area contributed by atoms with Crippen LogP contribution in [0.25, 0.3) is 6.08 Å². The molecule has 0 radical (unpaired) electrons. The summed E-state index contributed by atoms with van der Waals surface area (Å²) >= 11 is 0. The van der Waals surface area contributed by atoms with E-state index in [0.717, 1.165) is 5.56 Å². The lowest BCUT2D eigenvalue weighted by atomic mass is 10.1. The number of hydrogen-bond acceptors (Lipinski definition) is 4. The normalized spacial score (nSPS) is 13.8. The molecule has 0 aliphatic heterocycles. The molecule has 0 aliphatic carbocycles. The second-order valence-electron chi connectivity index (χ2n) is 4.17. The molecule has 0 bridgehead atoms. The fourth-order valence-electron chi connectivity index (χ4n) is 1.48. The van der Waals surface area contributed by atoms with E-state index in [4.69, 9.17) is 9.84 Å². The summed E-state index contributed by atoms with van der Waals surface area (Å²) in [7, 11) is 1.56. The molecule has 108 valence electrons. The average Bonchev–Trinajstić information content (AvgIpc) is 2.42. The van der Waals surface area contributed by atoms with Gasteiger partial charge < -0.3 is 20.3 Å². The van der Waals surface area contributed by atoms with Gasteiger partial charge in [0.15, 0.2) is 6.04 Å². The van der Waals surface area contributed by atoms with Crippen LogP contribution in [0.2, 0.25) is 0 Å². The molecule has 1 rings (SSSR count). The molecule has 1 aromatic rings. The summed E-state index contributed by atoms with van der Waals surface area (Å²) < 4.78 is 5.00. The number of amides is 1. The van der Waals surface area contributed by atoms with E-state index in [1.165, 1.54) is 19.1 Å². The van der Waals surface area contributed by atoms with Crippen molar-refractivity contribution in [3.8, 4) is 5.75 Å². The molecule has 1 amide bonds. The van der Waals surface area contributed by atoms with Gasteiger partial charge in [0.05, 0.1) is 13.2 Å². The molecule has 0 saturated carbocycles. The highest BCUT2D eigenvalue weighted by Gasteiger charge is 2.23. The number of carboxylic acid groups (broad SMARTS) is 1. The number of nitrogens with one attached hydrogen (secondary N) is 1. The first-order valence-electron chi connectivity index (χ1n) is 5.97. The summed E-state index contributed by atoms with van der Waals surface area (Å²) in [5, 5.41) is 20.3. The van der Waals surface area contributed by atoms with Crippen LogP contribution in [0.3, 0.4) is 0 Å². The van der Waals surface area contributed by atoms with Gasteiger partial charge in [0, 0.05) is 6.08 Å². The maximum Gasteiger partial charge on any atom is 0.328 e. The summed E-state index contributed by atoms with van der Waals surface area (Å²) in [4.78, 5) is 22.4. The minimum atomic E-state index is -1.33. The summed E-state index contributed by atoms with van der Waals surface area (Å²) in [5.74, 6) is -1.17. The lowest BCUT2D eigenvalue weighted by Crippen LogP contribution is -2.47. The van der Waals surface area contributed by atoms with Crippen molar-refractivity contribution in [3.63, 3.8) is 0 Å². The van der Waals surface area contributed by atoms with Crippen molar-refractivity contribution in [2.45, 2.75) is 19.1 Å². The van der Waals surface area contributed by atoms with E-state index in [9.17, 15) is 14.7 Å². The minimum Gasteiger partial charge on any atom is -0.497 e. The molecular formula is C14H17NO5. The van der Waals surface area contributed by atoms with Crippen molar-refractivity contribution in [2.24, 2.45) is 0 Å². The topological polar surface area (TPSA) is 95.9 Å². The van der Waals surface area contributed by atoms with Crippen LogP contribution in [0.1, 0.15) is 12.5 Å². The van der Waals surface area contributed by atoms with Crippen LogP contribution in [-0.4, -0.2) is 41.3 Å². The van der Waals surface area contributed by atoms with Crippen molar-refractivity contribution in [3.05, 3.63) is 35.9 Å². The van der Waals surface area contributed by atoms with Gasteiger partial charge in [-0.1, -0.05) is 12.1 Å². The number of aliphatic carboxylic acids is 1. The Morgan fingerprint density at radius 1 is 1.30 bits per heavy atom. The Hall–Kier alpha value is -2.34. The molecule has 6 nitrogen and oxygen atoms in total. The van der Waals surface area contributed by atoms with E-state index >= 15 is 0 Å². The monoisotopic (exact) mass is 279 g/mol. The second-order valence-corrected chi connectivity index (χ2v) is 4.17. The quantitative estimate of drug-likeness (QED) is 0.665. The number of carbonyl (C=O) groups excluding carboxylic acids is 1. The van der Waals surface area contributed by atoms with Crippen molar-refractivity contribution >= 4 is 18.0 Å². The molecule has 0 saturated heterocycles. The number of methoxy groups -OCH3 is 1. The molecule has 3 N–H and O–H groups in total. The van der Waals surface area contributed by atoms with Crippen LogP contribution in [0, 0.1) is 0 Å². The number of rotatable bonds is 6. The Morgan fingerprint density at radius 2 is 1.90 bits per heavy atom. The molecule has 0 spiro atoms. The van der Waals surface area contributed by atoms with Crippen LogP contribution in [-0.2, 0) is 9.59 Å². The van der Waals surface area contributed by atoms with Crippen LogP contribution >= 0.6 is 0 Å². The van der Waals surface area contributed by atoms with E-state index in [-0.39, 0.29) is 0 Å². The van der Waals surface area contributed by atoms with Gasteiger partial charge in [-0.15, -0.1) is 0 Å². The summed E-state index contributed by atoms with van der Waals surface area (Å²) in [6.45, 7) is 1.30. The second kappa shape index (κ2) is 7.30. The van der Waals surface area contributed by atoms with Crippen molar-refractivity contribution in [1.82, 2.24) is 5.32 Å². The van der Waals surface area contributed by atoms with Crippen LogP contribution < -0.4 is 10.1 Å². The van der Waals surface area contributed by atoms with Gasteiger partial charge in [-0.3, -0.25) is 4.79 Å². The minimum absolute atomic E-state index is 0.589. The van der Waals surface area contributed by atoms with Gasteiger partial charge in [-0.2, -0.15) is 0 Å². The number of aliphatic hydroxyl groups is 1. The number of carboxylic acids is 1. The fourth-order valence-corrected chi connectivity index (χ4v) is 1.48. The third-order valence-electron chi connectivity index (χ3n) is 2.59. The van der Waals surface area contributed by atoms with Crippen molar-refractivity contribution in [2.75, 3.05) is 7.11 Å². The summed E-state index contributed by atoms with van der Waals surface area (Å²) in [6.07, 6.45) is 1.57. The molecule has 0 aromatic heterocycles. The van der Waals surface area contributed by atoms with Gasteiger partial charge in [0.1, 0.15) is 5.75 Å². The third kappa shape index (κ3) is 4.74. The number of ether oxygens (including phenoxy) is 1. The van der Waals surface area contributed by atoms with Crippen molar-refractivity contribution < 1.29 is 24.5 Å². The van der Waals surface area contributed by atoms with Crippen LogP contribution in [0.4, 0.5) is 0 Å². The molecule has 2 atom stereocenters. The molecular weight excluding hydrogens is 262 g/mol. The Morgan fingerprint density at radius 3 is 2.35 bits per heavy atom. The molecule has 1 unspecified atom stereocenters. The molecule has 1 aromatic carbocycles. The highest BCUT2D eigenvalue weighted by molar-refractivity contribution is 5.94. The van der Waals surface area contributed by atoms with Gasteiger partial charge in [0.2, 0.25) is 5.91 Å². The van der Waals surface area contributed by atoms with Gasteiger partial charge in [0.25, 0.3) is 0 Å². The summed E-state index contributed by atoms with van der Waals surface area (Å²) in [5.41, 5.74) is 0.768.